The minimum atomic E-state index is -0.504. The van der Waals surface area contributed by atoms with E-state index in [0.29, 0.717) is 13.0 Å². The van der Waals surface area contributed by atoms with Crippen LogP contribution in [0.25, 0.3) is 0 Å². The summed E-state index contributed by atoms with van der Waals surface area (Å²) in [5.41, 5.74) is 0.0944. The van der Waals surface area contributed by atoms with Crippen molar-refractivity contribution < 1.29 is 11.6 Å². The molecule has 80 valence electrons. The van der Waals surface area contributed by atoms with E-state index in [1.807, 2.05) is 0 Å². The zero-order valence-corrected chi connectivity index (χ0v) is 8.90. The van der Waals surface area contributed by atoms with Crippen LogP contribution >= 0.6 is 11.6 Å². The highest BCUT2D eigenvalue weighted by atomic mass is 35.5. The Balaban J connectivity index is 2.55. The van der Waals surface area contributed by atoms with E-state index in [9.17, 15) is 4.79 Å². The van der Waals surface area contributed by atoms with Crippen LogP contribution < -0.4 is 4.90 Å². The Bertz CT molecular complexity index is 536. The van der Waals surface area contributed by atoms with E-state index in [1.54, 1.807) is 4.90 Å². The smallest absolute Gasteiger partial charge is 0.169 e. The van der Waals surface area contributed by atoms with Crippen LogP contribution in [-0.4, -0.2) is 24.2 Å². The fraction of sp³-hybridized carbons (Fsp3) is 0.417. The number of alkyl halides is 1. The summed E-state index contributed by atoms with van der Waals surface area (Å²) < 4.78 is 38.8. The number of anilines is 1. The molecule has 1 aromatic carbocycles. The van der Waals surface area contributed by atoms with Gasteiger partial charge in [-0.15, -0.1) is 11.6 Å². The lowest BCUT2D eigenvalue weighted by Crippen LogP contribution is -2.36. The number of halogens is 1. The monoisotopic (exact) mass is 228 g/mol. The van der Waals surface area contributed by atoms with Crippen molar-refractivity contribution >= 4 is 23.1 Å². The van der Waals surface area contributed by atoms with E-state index in [4.69, 9.17) is 18.5 Å². The summed E-state index contributed by atoms with van der Waals surface area (Å²) in [4.78, 5) is 13.4. The van der Waals surface area contributed by atoms with Crippen LogP contribution in [0.15, 0.2) is 30.2 Å². The van der Waals surface area contributed by atoms with Gasteiger partial charge in [-0.3, -0.25) is 4.79 Å². The van der Waals surface area contributed by atoms with Gasteiger partial charge in [0.1, 0.15) is 0 Å². The molecule has 0 N–H and O–H groups in total. The second-order valence-electron chi connectivity index (χ2n) is 3.42. The van der Waals surface area contributed by atoms with Gasteiger partial charge in [0.15, 0.2) is 5.78 Å². The van der Waals surface area contributed by atoms with E-state index in [-0.39, 0.29) is 41.5 Å². The molecule has 2 rings (SSSR count). The van der Waals surface area contributed by atoms with Crippen molar-refractivity contribution in [3.63, 3.8) is 0 Å². The highest BCUT2D eigenvalue weighted by Gasteiger charge is 2.29. The average Bonchev–Trinajstić information content (AvgIpc) is 2.91. The average molecular weight is 229 g/mol. The summed E-state index contributed by atoms with van der Waals surface area (Å²) in [6.45, 7) is 0.487. The molecule has 1 fully saturated rings. The summed E-state index contributed by atoms with van der Waals surface area (Å²) in [5.74, 6) is -0.323. The van der Waals surface area contributed by atoms with Gasteiger partial charge in [0.25, 0.3) is 0 Å². The van der Waals surface area contributed by atoms with Gasteiger partial charge in [0.2, 0.25) is 0 Å². The Labute approximate surface area is 102 Å². The molecule has 1 aromatic rings. The highest BCUT2D eigenvalue weighted by molar-refractivity contribution is 6.28. The normalized spacial score (nSPS) is 25.3. The molecule has 1 atom stereocenters. The summed E-state index contributed by atoms with van der Waals surface area (Å²) in [5, 5.41) is 0. The predicted octanol–water partition coefficient (Wildman–Crippen LogP) is 2.46. The van der Waals surface area contributed by atoms with E-state index < -0.39 is 12.1 Å². The number of para-hydroxylation sites is 1. The number of rotatable bonds is 3. The van der Waals surface area contributed by atoms with E-state index in [0.717, 1.165) is 6.42 Å². The number of carbonyl (C=O) groups is 1. The molecule has 0 unspecified atom stereocenters. The number of benzene rings is 1. The van der Waals surface area contributed by atoms with Crippen molar-refractivity contribution in [3.05, 3.63) is 30.2 Å². The molecule has 1 aliphatic heterocycles. The van der Waals surface area contributed by atoms with Crippen molar-refractivity contribution in [3.8, 4) is 0 Å². The van der Waals surface area contributed by atoms with Crippen LogP contribution in [0, 0.1) is 0 Å². The van der Waals surface area contributed by atoms with Gasteiger partial charge < -0.3 is 4.90 Å². The van der Waals surface area contributed by atoms with Crippen molar-refractivity contribution in [2.24, 2.45) is 0 Å². The second kappa shape index (κ2) is 4.67. The first kappa shape index (κ1) is 5.90. The Morgan fingerprint density at radius 1 is 1.53 bits per heavy atom. The Hall–Kier alpha value is -1.02. The molecule has 0 saturated carbocycles. The molecule has 2 nitrogen and oxygen atoms in total. The van der Waals surface area contributed by atoms with Gasteiger partial charge in [-0.1, -0.05) is 18.1 Å². The van der Waals surface area contributed by atoms with Gasteiger partial charge in [-0.05, 0) is 24.9 Å². The third-order valence-corrected chi connectivity index (χ3v) is 2.79. The van der Waals surface area contributed by atoms with E-state index in [1.165, 1.54) is 0 Å². The molecule has 0 bridgehead atoms. The third-order valence-electron chi connectivity index (χ3n) is 2.53. The fourth-order valence-corrected chi connectivity index (χ4v) is 2.02. The van der Waals surface area contributed by atoms with Crippen molar-refractivity contribution in [1.82, 2.24) is 0 Å². The van der Waals surface area contributed by atoms with Gasteiger partial charge in [0.05, 0.1) is 18.8 Å². The molecular formula is C12H14ClNO. The van der Waals surface area contributed by atoms with Crippen LogP contribution in [0.3, 0.4) is 0 Å². The Morgan fingerprint density at radius 3 is 2.93 bits per heavy atom. The minimum absolute atomic E-state index is 0.0944. The zero-order chi connectivity index (χ0) is 15.0. The fourth-order valence-electron chi connectivity index (χ4n) is 1.85. The molecule has 3 heteroatoms. The van der Waals surface area contributed by atoms with Gasteiger partial charge in [0, 0.05) is 12.2 Å². The summed E-state index contributed by atoms with van der Waals surface area (Å²) in [7, 11) is 0. The molecule has 0 aliphatic carbocycles. The van der Waals surface area contributed by atoms with Gasteiger partial charge >= 0.3 is 0 Å². The van der Waals surface area contributed by atoms with Crippen molar-refractivity contribution in [2.45, 2.75) is 18.9 Å². The standard InChI is InChI=1S/C12H14ClNO/c13-9-12(15)11-7-4-8-14(11)10-5-2-1-3-6-10/h1-3,5-6,11H,4,7-9H2/t11-/m1/s1/i1D,2D,3D,5D,6D. The summed E-state index contributed by atoms with van der Waals surface area (Å²) in [6, 6.07) is -2.25. The topological polar surface area (TPSA) is 20.3 Å². The molecule has 1 heterocycles. The number of ketones is 1. The number of nitrogens with zero attached hydrogens (tertiary/aromatic N) is 1. The molecule has 0 amide bonds. The maximum Gasteiger partial charge on any atom is 0.169 e. The lowest BCUT2D eigenvalue weighted by Gasteiger charge is -2.25. The zero-order valence-electron chi connectivity index (χ0n) is 13.1. The van der Waals surface area contributed by atoms with Gasteiger partial charge in [-0.25, -0.2) is 0 Å². The molecule has 0 spiro atoms. The largest absolute Gasteiger partial charge is 0.361 e. The third kappa shape index (κ3) is 2.15. The lowest BCUT2D eigenvalue weighted by molar-refractivity contribution is -0.117. The number of carbonyl (C=O) groups excluding carboxylic acids is 1. The number of hydrogen-bond acceptors (Lipinski definition) is 2. The van der Waals surface area contributed by atoms with E-state index in [2.05, 4.69) is 0 Å². The van der Waals surface area contributed by atoms with Crippen LogP contribution in [0.5, 0.6) is 0 Å². The van der Waals surface area contributed by atoms with Crippen LogP contribution in [-0.2, 0) is 4.79 Å². The maximum atomic E-state index is 11.8. The molecular weight excluding hydrogens is 210 g/mol. The first-order valence-electron chi connectivity index (χ1n) is 7.32. The predicted molar refractivity (Wildman–Crippen MR) is 62.5 cm³/mol. The molecule has 1 saturated heterocycles. The lowest BCUT2D eigenvalue weighted by atomic mass is 10.1. The molecule has 1 aliphatic rings. The quantitative estimate of drug-likeness (QED) is 0.741. The van der Waals surface area contributed by atoms with Crippen molar-refractivity contribution in [2.75, 3.05) is 17.3 Å². The number of Topliss-reactive ketones (excluding diaryl/α,β-unsaturated/α-hetero) is 1. The molecule has 0 radical (unpaired) electrons. The Kier molecular flexibility index (Phi) is 1.84. The van der Waals surface area contributed by atoms with Gasteiger partial charge in [-0.2, -0.15) is 0 Å². The highest BCUT2D eigenvalue weighted by Crippen LogP contribution is 2.25. The van der Waals surface area contributed by atoms with Crippen LogP contribution in [0.1, 0.15) is 19.7 Å². The minimum Gasteiger partial charge on any atom is -0.361 e. The molecule has 15 heavy (non-hydrogen) atoms. The van der Waals surface area contributed by atoms with Crippen LogP contribution in [0.4, 0.5) is 5.69 Å². The first-order chi connectivity index (χ1) is 9.40. The summed E-state index contributed by atoms with van der Waals surface area (Å²) in [6.07, 6.45) is 1.32. The summed E-state index contributed by atoms with van der Waals surface area (Å²) >= 11 is 5.58. The Morgan fingerprint density at radius 2 is 2.27 bits per heavy atom. The van der Waals surface area contributed by atoms with E-state index >= 15 is 0 Å². The maximum absolute atomic E-state index is 11.8. The van der Waals surface area contributed by atoms with Crippen LogP contribution in [0.2, 0.25) is 0 Å². The number of hydrogen-bond donors (Lipinski definition) is 0. The molecule has 0 aromatic heterocycles. The second-order valence-corrected chi connectivity index (χ2v) is 3.69. The first-order valence-corrected chi connectivity index (χ1v) is 5.35. The SMILES string of the molecule is [2H]c1c([2H])c([2H])c(N2CCC[C@@H]2C(=O)CCl)c([2H])c1[2H]. The van der Waals surface area contributed by atoms with Crippen molar-refractivity contribution in [1.29, 1.82) is 0 Å².